The molecule has 0 radical (unpaired) electrons. The molecule has 0 N–H and O–H groups in total. The van der Waals surface area contributed by atoms with Gasteiger partial charge in [0, 0.05) is 5.25 Å². The molecule has 0 aromatic rings. The molecule has 15 heavy (non-hydrogen) atoms. The van der Waals surface area contributed by atoms with Crippen molar-refractivity contribution in [2.24, 2.45) is 0 Å². The molecule has 1 aliphatic carbocycles. The molecule has 0 saturated heterocycles. The number of hydrogen-bond acceptors (Lipinski definition) is 3. The van der Waals surface area contributed by atoms with Gasteiger partial charge >= 0.3 is 0 Å². The van der Waals surface area contributed by atoms with Gasteiger partial charge < -0.3 is 4.55 Å². The molecule has 0 aromatic heterocycles. The predicted molar refractivity (Wildman–Crippen MR) is 59.7 cm³/mol. The lowest BCUT2D eigenvalue weighted by Gasteiger charge is -2.20. The van der Waals surface area contributed by atoms with Gasteiger partial charge in [-0.25, -0.2) is 8.42 Å². The fourth-order valence-corrected chi connectivity index (χ4v) is 3.15. The van der Waals surface area contributed by atoms with Crippen molar-refractivity contribution >= 4 is 10.1 Å². The second-order valence-electron chi connectivity index (χ2n) is 4.52. The zero-order valence-electron chi connectivity index (χ0n) is 9.28. The van der Waals surface area contributed by atoms with Crippen molar-refractivity contribution in [3.8, 4) is 0 Å². The van der Waals surface area contributed by atoms with Crippen LogP contribution in [0.25, 0.3) is 0 Å². The summed E-state index contributed by atoms with van der Waals surface area (Å²) in [7, 11) is -4.06. The minimum absolute atomic E-state index is 0.575. The second-order valence-corrected chi connectivity index (χ2v) is 6.17. The molecule has 0 heterocycles. The normalized spacial score (nSPS) is 23.3. The van der Waals surface area contributed by atoms with Gasteiger partial charge in [-0.15, -0.1) is 0 Å². The molecule has 0 unspecified atom stereocenters. The molecular weight excluding hydrogens is 212 g/mol. The van der Waals surface area contributed by atoms with Crippen molar-refractivity contribution in [3.05, 3.63) is 0 Å². The van der Waals surface area contributed by atoms with Crippen LogP contribution < -0.4 is 0 Å². The molecule has 0 amide bonds. The Kier molecular flexibility index (Phi) is 5.61. The third kappa shape index (κ3) is 5.52. The molecule has 0 atom stereocenters. The van der Waals surface area contributed by atoms with E-state index < -0.39 is 15.4 Å². The van der Waals surface area contributed by atoms with Crippen molar-refractivity contribution in [2.75, 3.05) is 0 Å². The van der Waals surface area contributed by atoms with Crippen molar-refractivity contribution in [2.45, 2.75) is 69.5 Å². The first-order valence-corrected chi connectivity index (χ1v) is 7.52. The van der Waals surface area contributed by atoms with Crippen LogP contribution in [0.4, 0.5) is 0 Å². The highest BCUT2D eigenvalue weighted by Gasteiger charge is 2.15. The highest BCUT2D eigenvalue weighted by atomic mass is 32.2. The molecule has 0 aliphatic heterocycles. The first kappa shape index (κ1) is 13.0. The van der Waals surface area contributed by atoms with Crippen LogP contribution in [0.3, 0.4) is 0 Å². The van der Waals surface area contributed by atoms with Crippen molar-refractivity contribution in [1.29, 1.82) is 0 Å². The molecule has 1 rings (SSSR count). The quantitative estimate of drug-likeness (QED) is 0.654. The van der Waals surface area contributed by atoms with E-state index in [0.29, 0.717) is 12.8 Å². The summed E-state index contributed by atoms with van der Waals surface area (Å²) in [5.74, 6) is 0. The van der Waals surface area contributed by atoms with E-state index in [2.05, 4.69) is 0 Å². The van der Waals surface area contributed by atoms with E-state index in [1.54, 1.807) is 0 Å². The Morgan fingerprint density at radius 2 is 1.07 bits per heavy atom. The van der Waals surface area contributed by atoms with Gasteiger partial charge in [0.25, 0.3) is 0 Å². The minimum atomic E-state index is -4.06. The average molecular weight is 233 g/mol. The van der Waals surface area contributed by atoms with E-state index in [9.17, 15) is 13.0 Å². The molecule has 90 valence electrons. The van der Waals surface area contributed by atoms with Crippen molar-refractivity contribution in [1.82, 2.24) is 0 Å². The molecule has 0 spiro atoms. The Bertz CT molecular complexity index is 247. The van der Waals surface area contributed by atoms with E-state index >= 15 is 0 Å². The lowest BCUT2D eigenvalue weighted by atomic mass is 10.1. The Hall–Kier alpha value is -0.0900. The maximum atomic E-state index is 11.0. The van der Waals surface area contributed by atoms with Crippen LogP contribution in [0.2, 0.25) is 0 Å². The summed E-state index contributed by atoms with van der Waals surface area (Å²) >= 11 is 0. The third-order valence-corrected chi connectivity index (χ3v) is 4.50. The second kappa shape index (κ2) is 6.48. The van der Waals surface area contributed by atoms with Gasteiger partial charge in [-0.1, -0.05) is 51.4 Å². The highest BCUT2D eigenvalue weighted by Crippen LogP contribution is 2.20. The molecule has 3 nitrogen and oxygen atoms in total. The van der Waals surface area contributed by atoms with Gasteiger partial charge in [0.2, 0.25) is 0 Å². The van der Waals surface area contributed by atoms with Crippen LogP contribution in [0.15, 0.2) is 0 Å². The van der Waals surface area contributed by atoms with E-state index in [4.69, 9.17) is 0 Å². The molecular formula is C11H21O3S-. The van der Waals surface area contributed by atoms with Gasteiger partial charge in [0.05, 0.1) is 10.1 Å². The Balaban J connectivity index is 2.46. The van der Waals surface area contributed by atoms with E-state index in [0.717, 1.165) is 25.7 Å². The Morgan fingerprint density at radius 1 is 0.733 bits per heavy atom. The lowest BCUT2D eigenvalue weighted by Crippen LogP contribution is -2.20. The Labute approximate surface area is 93.0 Å². The molecule has 0 aromatic carbocycles. The summed E-state index contributed by atoms with van der Waals surface area (Å²) in [6.07, 6.45) is 9.98. The summed E-state index contributed by atoms with van der Waals surface area (Å²) in [6, 6.07) is 0. The maximum absolute atomic E-state index is 11.0. The fraction of sp³-hybridized carbons (Fsp3) is 1.00. The predicted octanol–water partition coefficient (Wildman–Crippen LogP) is 2.81. The summed E-state index contributed by atoms with van der Waals surface area (Å²) in [6.45, 7) is 0. The zero-order chi connectivity index (χ0) is 11.1. The summed E-state index contributed by atoms with van der Waals surface area (Å²) in [4.78, 5) is 0. The Morgan fingerprint density at radius 3 is 1.40 bits per heavy atom. The first-order valence-electron chi connectivity index (χ1n) is 6.05. The summed E-state index contributed by atoms with van der Waals surface area (Å²) in [5.41, 5.74) is 0. The largest absolute Gasteiger partial charge is 0.748 e. The van der Waals surface area contributed by atoms with Crippen LogP contribution in [0, 0.1) is 0 Å². The third-order valence-electron chi connectivity index (χ3n) is 3.21. The van der Waals surface area contributed by atoms with Gasteiger partial charge in [0.1, 0.15) is 0 Å². The standard InChI is InChI=1S/C11H22O3S/c12-15(13,14)11-9-7-5-3-1-2-4-6-8-10-11/h11H,1-10H2,(H,12,13,14)/p-1. The van der Waals surface area contributed by atoms with Gasteiger partial charge in [0.15, 0.2) is 0 Å². The number of rotatable bonds is 1. The molecule has 0 bridgehead atoms. The van der Waals surface area contributed by atoms with E-state index in [-0.39, 0.29) is 0 Å². The van der Waals surface area contributed by atoms with Crippen LogP contribution in [-0.4, -0.2) is 18.2 Å². The van der Waals surface area contributed by atoms with Crippen LogP contribution in [0.1, 0.15) is 64.2 Å². The summed E-state index contributed by atoms with van der Waals surface area (Å²) in [5, 5.41) is -0.615. The van der Waals surface area contributed by atoms with E-state index in [1.807, 2.05) is 0 Å². The molecule has 1 fully saturated rings. The van der Waals surface area contributed by atoms with Gasteiger partial charge in [-0.05, 0) is 12.8 Å². The molecule has 1 aliphatic rings. The monoisotopic (exact) mass is 233 g/mol. The fourth-order valence-electron chi connectivity index (χ4n) is 2.24. The summed E-state index contributed by atoms with van der Waals surface area (Å²) < 4.78 is 32.9. The van der Waals surface area contributed by atoms with Gasteiger partial charge in [-0.3, -0.25) is 0 Å². The van der Waals surface area contributed by atoms with Gasteiger partial charge in [-0.2, -0.15) is 0 Å². The van der Waals surface area contributed by atoms with Crippen LogP contribution in [0.5, 0.6) is 0 Å². The van der Waals surface area contributed by atoms with E-state index in [1.165, 1.54) is 25.7 Å². The maximum Gasteiger partial charge on any atom is 0.0975 e. The first-order chi connectivity index (χ1) is 7.11. The van der Waals surface area contributed by atoms with Crippen molar-refractivity contribution < 1.29 is 13.0 Å². The molecule has 4 heteroatoms. The smallest absolute Gasteiger partial charge is 0.0975 e. The average Bonchev–Trinajstić information content (AvgIpc) is 2.20. The zero-order valence-corrected chi connectivity index (χ0v) is 10.1. The highest BCUT2D eigenvalue weighted by molar-refractivity contribution is 7.86. The van der Waals surface area contributed by atoms with Crippen molar-refractivity contribution in [3.63, 3.8) is 0 Å². The number of hydrogen-bond donors (Lipinski definition) is 0. The molecule has 1 saturated carbocycles. The SMILES string of the molecule is O=S(=O)([O-])C1CCCCCCCCCC1. The van der Waals surface area contributed by atoms with Crippen LogP contribution in [-0.2, 0) is 10.1 Å². The topological polar surface area (TPSA) is 57.2 Å². The minimum Gasteiger partial charge on any atom is -0.748 e. The van der Waals surface area contributed by atoms with Crippen LogP contribution >= 0.6 is 0 Å². The lowest BCUT2D eigenvalue weighted by molar-refractivity contribution is 0.431.